The molecule has 0 aliphatic heterocycles. The van der Waals surface area contributed by atoms with Gasteiger partial charge in [-0.25, -0.2) is 15.0 Å². The van der Waals surface area contributed by atoms with Gasteiger partial charge >= 0.3 is 0 Å². The highest BCUT2D eigenvalue weighted by atomic mass is 32.1. The number of oxazole rings is 1. The first-order chi connectivity index (χ1) is 21.8. The zero-order valence-corrected chi connectivity index (χ0v) is 24.7. The van der Waals surface area contributed by atoms with Crippen molar-refractivity contribution in [3.8, 4) is 49.5 Å². The highest BCUT2D eigenvalue weighted by Crippen LogP contribution is 2.38. The quantitative estimate of drug-likeness (QED) is 0.196. The molecule has 9 aromatic rings. The molecule has 5 heterocycles. The summed E-state index contributed by atoms with van der Waals surface area (Å²) in [5.41, 5.74) is 9.84. The van der Waals surface area contributed by atoms with Gasteiger partial charge in [0.25, 0.3) is 0 Å². The van der Waals surface area contributed by atoms with Crippen LogP contribution in [0.4, 0.5) is 0 Å². The molecule has 0 aliphatic carbocycles. The Hall–Kier alpha value is -5.44. The lowest BCUT2D eigenvalue weighted by Crippen LogP contribution is -1.95. The molecule has 0 atom stereocenters. The smallest absolute Gasteiger partial charge is 0.227 e. The second-order valence-electron chi connectivity index (χ2n) is 10.4. The van der Waals surface area contributed by atoms with Gasteiger partial charge < -0.3 is 8.98 Å². The van der Waals surface area contributed by atoms with Crippen molar-refractivity contribution >= 4 is 55.6 Å². The van der Waals surface area contributed by atoms with Crippen molar-refractivity contribution in [3.63, 3.8) is 0 Å². The third-order valence-corrected chi connectivity index (χ3v) is 9.47. The van der Waals surface area contributed by atoms with E-state index in [2.05, 4.69) is 87.3 Å². The van der Waals surface area contributed by atoms with Crippen LogP contribution in [0.5, 0.6) is 0 Å². The summed E-state index contributed by atoms with van der Waals surface area (Å²) in [5.74, 6) is 0.603. The van der Waals surface area contributed by atoms with Crippen molar-refractivity contribution in [2.24, 2.45) is 0 Å². The largest absolute Gasteiger partial charge is 0.436 e. The number of benzene rings is 4. The van der Waals surface area contributed by atoms with Crippen molar-refractivity contribution < 1.29 is 4.42 Å². The van der Waals surface area contributed by atoms with Crippen LogP contribution in [0, 0.1) is 0 Å². The third kappa shape index (κ3) is 4.15. The maximum atomic E-state index is 6.16. The molecule has 0 saturated carbocycles. The van der Waals surface area contributed by atoms with E-state index in [-0.39, 0.29) is 0 Å². The molecule has 8 heteroatoms. The van der Waals surface area contributed by atoms with Crippen LogP contribution in [0.15, 0.2) is 131 Å². The van der Waals surface area contributed by atoms with Crippen molar-refractivity contribution in [2.75, 3.05) is 0 Å². The second kappa shape index (κ2) is 10.1. The molecule has 5 aromatic heterocycles. The molecule has 6 nitrogen and oxygen atoms in total. The van der Waals surface area contributed by atoms with Crippen LogP contribution in [0.25, 0.3) is 82.4 Å². The summed E-state index contributed by atoms with van der Waals surface area (Å²) in [6.45, 7) is 0. The van der Waals surface area contributed by atoms with Gasteiger partial charge in [-0.3, -0.25) is 4.98 Å². The summed E-state index contributed by atoms with van der Waals surface area (Å²) >= 11 is 3.26. The molecular formula is C36H21N5OS2. The summed E-state index contributed by atoms with van der Waals surface area (Å²) in [5, 5.41) is 8.27. The molecule has 0 radical (unpaired) electrons. The topological polar surface area (TPSA) is 69.6 Å². The Bertz CT molecular complexity index is 2410. The monoisotopic (exact) mass is 603 g/mol. The lowest BCUT2D eigenvalue weighted by atomic mass is 10.1. The lowest BCUT2D eigenvalue weighted by Gasteiger charge is -2.11. The minimum absolute atomic E-state index is 0.603. The summed E-state index contributed by atoms with van der Waals surface area (Å²) in [4.78, 5) is 18.6. The van der Waals surface area contributed by atoms with E-state index in [9.17, 15) is 0 Å². The number of pyridine rings is 1. The average Bonchev–Trinajstić information content (AvgIpc) is 3.90. The van der Waals surface area contributed by atoms with Crippen molar-refractivity contribution in [1.82, 2.24) is 24.5 Å². The minimum atomic E-state index is 0.603. The van der Waals surface area contributed by atoms with Crippen LogP contribution in [-0.2, 0) is 0 Å². The Morgan fingerprint density at radius 2 is 1.41 bits per heavy atom. The molecule has 9 rings (SSSR count). The van der Waals surface area contributed by atoms with Gasteiger partial charge in [0, 0.05) is 68.1 Å². The molecule has 4 aromatic carbocycles. The number of rotatable bonds is 5. The summed E-state index contributed by atoms with van der Waals surface area (Å²) in [7, 11) is 0. The number of hydrogen-bond donors (Lipinski definition) is 0. The van der Waals surface area contributed by atoms with Crippen LogP contribution in [0.3, 0.4) is 0 Å². The van der Waals surface area contributed by atoms with Crippen LogP contribution < -0.4 is 0 Å². The fourth-order valence-corrected chi connectivity index (χ4v) is 7.05. The lowest BCUT2D eigenvalue weighted by molar-refractivity contribution is 0.620. The van der Waals surface area contributed by atoms with E-state index in [1.54, 1.807) is 22.7 Å². The van der Waals surface area contributed by atoms with E-state index in [1.165, 1.54) is 0 Å². The standard InChI is InChI=1S/C36H21N5OS2/c1-2-7-33-30(6-1)40-34(42-33)23-8-11-27-28-19-24(35-37-14-16-43-35)10-13-31(28)41(32(27)20-23)26-5-3-4-22(18-26)29-12-9-25(21-39-29)36-38-15-17-44-36/h1-21H. The average molecular weight is 604 g/mol. The van der Waals surface area contributed by atoms with E-state index in [0.717, 1.165) is 76.6 Å². The third-order valence-electron chi connectivity index (χ3n) is 7.83. The number of hydrogen-bond acceptors (Lipinski definition) is 7. The first-order valence-electron chi connectivity index (χ1n) is 14.1. The van der Waals surface area contributed by atoms with Gasteiger partial charge in [0.05, 0.1) is 16.7 Å². The molecule has 0 spiro atoms. The van der Waals surface area contributed by atoms with Gasteiger partial charge in [-0.05, 0) is 66.7 Å². The molecule has 0 unspecified atom stereocenters. The van der Waals surface area contributed by atoms with E-state index >= 15 is 0 Å². The Labute approximate surface area is 259 Å². The summed E-state index contributed by atoms with van der Waals surface area (Å²) in [6, 6.07) is 33.6. The van der Waals surface area contributed by atoms with E-state index in [1.807, 2.05) is 53.6 Å². The molecule has 0 saturated heterocycles. The van der Waals surface area contributed by atoms with Crippen molar-refractivity contribution in [1.29, 1.82) is 0 Å². The maximum Gasteiger partial charge on any atom is 0.227 e. The molecule has 0 N–H and O–H groups in total. The van der Waals surface area contributed by atoms with Gasteiger partial charge in [-0.15, -0.1) is 22.7 Å². The fraction of sp³-hybridized carbons (Fsp3) is 0. The van der Waals surface area contributed by atoms with Crippen LogP contribution in [0.1, 0.15) is 0 Å². The van der Waals surface area contributed by atoms with E-state index < -0.39 is 0 Å². The van der Waals surface area contributed by atoms with E-state index in [4.69, 9.17) is 14.4 Å². The predicted molar refractivity (Wildman–Crippen MR) is 179 cm³/mol. The highest BCUT2D eigenvalue weighted by molar-refractivity contribution is 7.13. The van der Waals surface area contributed by atoms with Crippen molar-refractivity contribution in [3.05, 3.63) is 126 Å². The molecule has 0 amide bonds. The normalized spacial score (nSPS) is 11.6. The van der Waals surface area contributed by atoms with Gasteiger partial charge in [0.15, 0.2) is 5.58 Å². The number of fused-ring (bicyclic) bond motifs is 4. The molecule has 0 bridgehead atoms. The minimum Gasteiger partial charge on any atom is -0.436 e. The summed E-state index contributed by atoms with van der Waals surface area (Å²) in [6.07, 6.45) is 5.57. The zero-order chi connectivity index (χ0) is 29.0. The molecule has 208 valence electrons. The number of thiazole rings is 2. The number of para-hydroxylation sites is 2. The number of nitrogens with zero attached hydrogens (tertiary/aromatic N) is 5. The van der Waals surface area contributed by atoms with Gasteiger partial charge in [-0.2, -0.15) is 0 Å². The summed E-state index contributed by atoms with van der Waals surface area (Å²) < 4.78 is 8.48. The Morgan fingerprint density at radius 1 is 0.591 bits per heavy atom. The maximum absolute atomic E-state index is 6.16. The van der Waals surface area contributed by atoms with Crippen LogP contribution >= 0.6 is 22.7 Å². The molecule has 44 heavy (non-hydrogen) atoms. The molecule has 0 fully saturated rings. The van der Waals surface area contributed by atoms with Crippen molar-refractivity contribution in [2.45, 2.75) is 0 Å². The Balaban J connectivity index is 1.23. The Morgan fingerprint density at radius 3 is 2.20 bits per heavy atom. The highest BCUT2D eigenvalue weighted by Gasteiger charge is 2.17. The van der Waals surface area contributed by atoms with Crippen LogP contribution in [-0.4, -0.2) is 24.5 Å². The zero-order valence-electron chi connectivity index (χ0n) is 23.1. The fourth-order valence-electron chi connectivity index (χ4n) is 5.79. The Kier molecular flexibility index (Phi) is 5.75. The van der Waals surface area contributed by atoms with Gasteiger partial charge in [0.1, 0.15) is 15.5 Å². The predicted octanol–water partition coefficient (Wildman–Crippen LogP) is 9.90. The molecular weight excluding hydrogens is 583 g/mol. The van der Waals surface area contributed by atoms with Gasteiger partial charge in [-0.1, -0.05) is 30.3 Å². The first kappa shape index (κ1) is 25.1. The SMILES string of the molecule is c1cc(-c2ccc(-c3nccs3)cn2)cc(-n2c3ccc(-c4nccs4)cc3c3ccc(-c4nc5ccccc5o4)cc32)c1. The number of aromatic nitrogens is 5. The van der Waals surface area contributed by atoms with Crippen LogP contribution in [0.2, 0.25) is 0 Å². The van der Waals surface area contributed by atoms with E-state index in [0.29, 0.717) is 5.89 Å². The second-order valence-corrected chi connectivity index (χ2v) is 12.2. The molecule has 0 aliphatic rings. The first-order valence-corrected chi connectivity index (χ1v) is 15.9. The van der Waals surface area contributed by atoms with Gasteiger partial charge in [0.2, 0.25) is 5.89 Å².